The van der Waals surface area contributed by atoms with Crippen LogP contribution in [-0.2, 0) is 6.61 Å². The fourth-order valence-corrected chi connectivity index (χ4v) is 3.72. The van der Waals surface area contributed by atoms with Gasteiger partial charge in [0.25, 0.3) is 0 Å². The molecule has 0 radical (unpaired) electrons. The van der Waals surface area contributed by atoms with Crippen molar-refractivity contribution in [3.8, 4) is 11.5 Å². The molecular formula is C23H28N4O3. The highest BCUT2D eigenvalue weighted by molar-refractivity contribution is 5.91. The van der Waals surface area contributed by atoms with Crippen molar-refractivity contribution in [2.24, 2.45) is 0 Å². The van der Waals surface area contributed by atoms with Crippen LogP contribution in [0.4, 0.5) is 17.1 Å². The maximum atomic E-state index is 9.56. The maximum Gasteiger partial charge on any atom is 0.231 e. The Morgan fingerprint density at radius 3 is 2.67 bits per heavy atom. The first-order chi connectivity index (χ1) is 14.7. The monoisotopic (exact) mass is 408 g/mol. The summed E-state index contributed by atoms with van der Waals surface area (Å²) in [5.74, 6) is 1.54. The standard InChI is InChI=1S/C23H28N4O3/c1-15(27-20-10-16(13-28)9-17-6-4-8-26-23(17)20)5-3-7-25-19-12-22-21(29-14-30-22)11-18(19)24-2/h4,6,8-12,15,24-25,27-28H,3,5,7,13-14H2,1-2H3. The summed E-state index contributed by atoms with van der Waals surface area (Å²) < 4.78 is 10.9. The van der Waals surface area contributed by atoms with Crippen molar-refractivity contribution in [2.45, 2.75) is 32.4 Å². The summed E-state index contributed by atoms with van der Waals surface area (Å²) in [6.45, 7) is 3.29. The second kappa shape index (κ2) is 9.09. The number of nitrogens with zero attached hydrogens (tertiary/aromatic N) is 1. The highest BCUT2D eigenvalue weighted by Gasteiger charge is 2.16. The molecule has 30 heavy (non-hydrogen) atoms. The third kappa shape index (κ3) is 4.36. The Morgan fingerprint density at radius 2 is 1.90 bits per heavy atom. The van der Waals surface area contributed by atoms with E-state index in [1.54, 1.807) is 6.20 Å². The zero-order valence-electron chi connectivity index (χ0n) is 17.4. The Labute approximate surface area is 176 Å². The first-order valence-corrected chi connectivity index (χ1v) is 10.3. The molecule has 1 aromatic heterocycles. The van der Waals surface area contributed by atoms with Gasteiger partial charge in [-0.15, -0.1) is 0 Å². The van der Waals surface area contributed by atoms with E-state index in [0.717, 1.165) is 64.4 Å². The van der Waals surface area contributed by atoms with E-state index in [1.807, 2.05) is 43.4 Å². The Morgan fingerprint density at radius 1 is 1.10 bits per heavy atom. The van der Waals surface area contributed by atoms with Crippen molar-refractivity contribution >= 4 is 28.0 Å². The van der Waals surface area contributed by atoms with Crippen LogP contribution in [0.15, 0.2) is 42.6 Å². The third-order valence-electron chi connectivity index (χ3n) is 5.26. The number of pyridine rings is 1. The number of aliphatic hydroxyl groups excluding tert-OH is 1. The molecule has 0 fully saturated rings. The quantitative estimate of drug-likeness (QED) is 0.395. The number of rotatable bonds is 9. The molecule has 0 saturated carbocycles. The van der Waals surface area contributed by atoms with Crippen LogP contribution in [0.25, 0.3) is 10.9 Å². The van der Waals surface area contributed by atoms with Crippen LogP contribution in [-0.4, -0.2) is 36.5 Å². The number of aromatic nitrogens is 1. The Kier molecular flexibility index (Phi) is 6.09. The van der Waals surface area contributed by atoms with Crippen LogP contribution in [0.1, 0.15) is 25.3 Å². The van der Waals surface area contributed by atoms with Gasteiger partial charge in [0.2, 0.25) is 6.79 Å². The number of hydrogen-bond acceptors (Lipinski definition) is 7. The van der Waals surface area contributed by atoms with Crippen LogP contribution >= 0.6 is 0 Å². The average molecular weight is 409 g/mol. The number of anilines is 3. The fraction of sp³-hybridized carbons (Fsp3) is 0.348. The lowest BCUT2D eigenvalue weighted by Gasteiger charge is -2.18. The molecule has 1 atom stereocenters. The molecule has 0 amide bonds. The van der Waals surface area contributed by atoms with Gasteiger partial charge in [0, 0.05) is 43.4 Å². The Bertz CT molecular complexity index is 1020. The summed E-state index contributed by atoms with van der Waals surface area (Å²) in [6.07, 6.45) is 3.78. The molecule has 0 saturated heterocycles. The summed E-state index contributed by atoms with van der Waals surface area (Å²) in [5.41, 5.74) is 4.77. The number of hydrogen-bond donors (Lipinski definition) is 4. The minimum absolute atomic E-state index is 0.0150. The molecule has 1 unspecified atom stereocenters. The van der Waals surface area contributed by atoms with Crippen LogP contribution in [0, 0.1) is 0 Å². The molecule has 0 bridgehead atoms. The van der Waals surface area contributed by atoms with E-state index in [-0.39, 0.29) is 19.4 Å². The summed E-state index contributed by atoms with van der Waals surface area (Å²) in [6, 6.07) is 12.1. The van der Waals surface area contributed by atoms with Crippen LogP contribution < -0.4 is 25.4 Å². The normalized spacial score (nSPS) is 13.3. The molecule has 4 rings (SSSR count). The Balaban J connectivity index is 1.34. The molecule has 1 aliphatic heterocycles. The van der Waals surface area contributed by atoms with E-state index >= 15 is 0 Å². The summed E-state index contributed by atoms with van der Waals surface area (Å²) >= 11 is 0. The summed E-state index contributed by atoms with van der Waals surface area (Å²) in [7, 11) is 1.90. The molecule has 7 heteroatoms. The lowest BCUT2D eigenvalue weighted by Crippen LogP contribution is -2.17. The average Bonchev–Trinajstić information content (AvgIpc) is 3.23. The Hall–Kier alpha value is -3.19. The van der Waals surface area contributed by atoms with E-state index in [2.05, 4.69) is 27.9 Å². The molecule has 2 heterocycles. The van der Waals surface area contributed by atoms with Gasteiger partial charge in [0.1, 0.15) is 0 Å². The highest BCUT2D eigenvalue weighted by atomic mass is 16.7. The molecule has 158 valence electrons. The first kappa shape index (κ1) is 20.1. The molecule has 0 spiro atoms. The van der Waals surface area contributed by atoms with Crippen molar-refractivity contribution in [2.75, 3.05) is 36.3 Å². The maximum absolute atomic E-state index is 9.56. The van der Waals surface area contributed by atoms with Crippen LogP contribution in [0.5, 0.6) is 11.5 Å². The minimum Gasteiger partial charge on any atom is -0.454 e. The van der Waals surface area contributed by atoms with Crippen molar-refractivity contribution < 1.29 is 14.6 Å². The number of ether oxygens (including phenoxy) is 2. The second-order valence-electron chi connectivity index (χ2n) is 7.49. The van der Waals surface area contributed by atoms with Gasteiger partial charge in [-0.25, -0.2) is 0 Å². The van der Waals surface area contributed by atoms with Crippen molar-refractivity contribution in [1.29, 1.82) is 0 Å². The van der Waals surface area contributed by atoms with Gasteiger partial charge in [-0.3, -0.25) is 4.98 Å². The molecule has 7 nitrogen and oxygen atoms in total. The zero-order chi connectivity index (χ0) is 20.9. The van der Waals surface area contributed by atoms with Crippen LogP contribution in [0.3, 0.4) is 0 Å². The third-order valence-corrected chi connectivity index (χ3v) is 5.26. The van der Waals surface area contributed by atoms with E-state index in [0.29, 0.717) is 0 Å². The van der Waals surface area contributed by atoms with Gasteiger partial charge < -0.3 is 30.5 Å². The number of aliphatic hydroxyl groups is 1. The van der Waals surface area contributed by atoms with Crippen molar-refractivity contribution in [3.05, 3.63) is 48.2 Å². The van der Waals surface area contributed by atoms with E-state index in [9.17, 15) is 5.11 Å². The lowest BCUT2D eigenvalue weighted by molar-refractivity contribution is 0.174. The van der Waals surface area contributed by atoms with E-state index < -0.39 is 0 Å². The summed E-state index contributed by atoms with van der Waals surface area (Å²) in [4.78, 5) is 4.51. The van der Waals surface area contributed by atoms with E-state index in [4.69, 9.17) is 9.47 Å². The smallest absolute Gasteiger partial charge is 0.231 e. The first-order valence-electron chi connectivity index (χ1n) is 10.3. The molecule has 4 N–H and O–H groups in total. The van der Waals surface area contributed by atoms with Gasteiger partial charge in [-0.1, -0.05) is 6.07 Å². The predicted molar refractivity (Wildman–Crippen MR) is 121 cm³/mol. The van der Waals surface area contributed by atoms with Gasteiger partial charge >= 0.3 is 0 Å². The molecule has 0 aliphatic carbocycles. The van der Waals surface area contributed by atoms with Crippen molar-refractivity contribution in [1.82, 2.24) is 4.98 Å². The predicted octanol–water partition coefficient (Wildman–Crippen LogP) is 4.19. The van der Waals surface area contributed by atoms with Gasteiger partial charge in [0.15, 0.2) is 11.5 Å². The van der Waals surface area contributed by atoms with E-state index in [1.165, 1.54) is 0 Å². The number of fused-ring (bicyclic) bond motifs is 2. The SMILES string of the molecule is CNc1cc2c(cc1NCCCC(C)Nc1cc(CO)cc3cccnc13)OCO2. The van der Waals surface area contributed by atoms with Gasteiger partial charge in [-0.2, -0.15) is 0 Å². The fourth-order valence-electron chi connectivity index (χ4n) is 3.72. The zero-order valence-corrected chi connectivity index (χ0v) is 17.4. The molecule has 1 aliphatic rings. The van der Waals surface area contributed by atoms with Gasteiger partial charge in [0.05, 0.1) is 29.2 Å². The molecule has 2 aromatic carbocycles. The van der Waals surface area contributed by atoms with Crippen LogP contribution in [0.2, 0.25) is 0 Å². The number of benzene rings is 2. The second-order valence-corrected chi connectivity index (χ2v) is 7.49. The topological polar surface area (TPSA) is 87.7 Å². The largest absolute Gasteiger partial charge is 0.454 e. The molecule has 3 aromatic rings. The minimum atomic E-state index is 0.0150. The lowest BCUT2D eigenvalue weighted by atomic mass is 10.1. The molecular weight excluding hydrogens is 380 g/mol. The van der Waals surface area contributed by atoms with Crippen molar-refractivity contribution in [3.63, 3.8) is 0 Å². The van der Waals surface area contributed by atoms with Gasteiger partial charge in [-0.05, 0) is 43.5 Å². The summed E-state index contributed by atoms with van der Waals surface area (Å²) in [5, 5.41) is 20.8. The highest BCUT2D eigenvalue weighted by Crippen LogP contribution is 2.39. The number of nitrogens with one attached hydrogen (secondary N) is 3.